The molecule has 5 rings (SSSR count). The highest BCUT2D eigenvalue weighted by Gasteiger charge is 2.48. The van der Waals surface area contributed by atoms with E-state index in [4.69, 9.17) is 10.7 Å². The van der Waals surface area contributed by atoms with Gasteiger partial charge in [-0.05, 0) is 18.4 Å². The second-order valence-corrected chi connectivity index (χ2v) is 8.36. The van der Waals surface area contributed by atoms with E-state index in [1.165, 1.54) is 0 Å². The van der Waals surface area contributed by atoms with Gasteiger partial charge in [-0.25, -0.2) is 19.9 Å². The fourth-order valence-corrected chi connectivity index (χ4v) is 4.11. The lowest BCUT2D eigenvalue weighted by Gasteiger charge is -2.26. The molecule has 3 aromatic heterocycles. The molecule has 0 radical (unpaired) electrons. The molecule has 8 heteroatoms. The summed E-state index contributed by atoms with van der Waals surface area (Å²) in [5, 5.41) is 2.89. The Bertz CT molecular complexity index is 1310. The largest absolute Gasteiger partial charge is 0.383 e. The number of nitrogens with two attached hydrogens (primary N) is 1. The normalized spacial score (nSPS) is 17.9. The predicted octanol–water partition coefficient (Wildman–Crippen LogP) is 3.23. The molecule has 0 bridgehead atoms. The van der Waals surface area contributed by atoms with Crippen molar-refractivity contribution in [2.75, 3.05) is 11.1 Å². The minimum atomic E-state index is -0.766. The zero-order valence-corrected chi connectivity index (χ0v) is 17.6. The molecule has 1 atom stereocenters. The molecule has 0 aliphatic carbocycles. The highest BCUT2D eigenvalue weighted by molar-refractivity contribution is 6.06. The van der Waals surface area contributed by atoms with Gasteiger partial charge in [0, 0.05) is 25.0 Å². The van der Waals surface area contributed by atoms with Crippen LogP contribution in [-0.4, -0.2) is 30.2 Å². The molecule has 3 N–H and O–H groups in total. The third-order valence-electron chi connectivity index (χ3n) is 6.20. The van der Waals surface area contributed by atoms with E-state index in [2.05, 4.69) is 32.4 Å². The van der Waals surface area contributed by atoms with Crippen LogP contribution < -0.4 is 11.1 Å². The van der Waals surface area contributed by atoms with Gasteiger partial charge in [-0.1, -0.05) is 44.2 Å². The average Bonchev–Trinajstić information content (AvgIpc) is 3.32. The van der Waals surface area contributed by atoms with E-state index in [-0.39, 0.29) is 11.8 Å². The number of fused-ring (bicyclic) bond motifs is 2. The molecule has 1 amide bonds. The number of aromatic nitrogens is 5. The number of amides is 1. The first kappa shape index (κ1) is 19.2. The highest BCUT2D eigenvalue weighted by Crippen LogP contribution is 2.44. The van der Waals surface area contributed by atoms with Gasteiger partial charge >= 0.3 is 0 Å². The van der Waals surface area contributed by atoms with Crippen molar-refractivity contribution in [2.24, 2.45) is 5.92 Å². The minimum absolute atomic E-state index is 0.0448. The summed E-state index contributed by atoms with van der Waals surface area (Å²) in [6.45, 7) is 5.87. The lowest BCUT2D eigenvalue weighted by Crippen LogP contribution is -2.36. The average molecular weight is 413 g/mol. The molecular weight excluding hydrogens is 390 g/mol. The molecule has 0 saturated carbocycles. The van der Waals surface area contributed by atoms with Gasteiger partial charge in [-0.3, -0.25) is 4.79 Å². The van der Waals surface area contributed by atoms with Gasteiger partial charge in [-0.2, -0.15) is 0 Å². The fourth-order valence-electron chi connectivity index (χ4n) is 4.11. The monoisotopic (exact) mass is 413 g/mol. The van der Waals surface area contributed by atoms with Crippen molar-refractivity contribution >= 4 is 23.2 Å². The molecule has 0 saturated heterocycles. The Hall–Kier alpha value is -3.81. The Morgan fingerprint density at radius 2 is 1.94 bits per heavy atom. The molecule has 1 aromatic carbocycles. The van der Waals surface area contributed by atoms with Crippen LogP contribution in [-0.2, 0) is 16.6 Å². The van der Waals surface area contributed by atoms with Gasteiger partial charge < -0.3 is 15.5 Å². The second-order valence-electron chi connectivity index (χ2n) is 8.36. The van der Waals surface area contributed by atoms with Crippen molar-refractivity contribution in [3.05, 3.63) is 65.7 Å². The Labute approximate surface area is 179 Å². The molecule has 31 heavy (non-hydrogen) atoms. The van der Waals surface area contributed by atoms with Crippen molar-refractivity contribution in [2.45, 2.75) is 32.6 Å². The van der Waals surface area contributed by atoms with E-state index in [1.807, 2.05) is 55.8 Å². The maximum atomic E-state index is 12.7. The summed E-state index contributed by atoms with van der Waals surface area (Å²) in [5.74, 6) is 1.06. The van der Waals surface area contributed by atoms with Gasteiger partial charge in [0.25, 0.3) is 0 Å². The summed E-state index contributed by atoms with van der Waals surface area (Å²) in [4.78, 5) is 31.2. The van der Waals surface area contributed by atoms with E-state index in [0.717, 1.165) is 16.9 Å². The zero-order chi connectivity index (χ0) is 21.8. The number of rotatable bonds is 4. The topological polar surface area (TPSA) is 111 Å². The van der Waals surface area contributed by atoms with Crippen LogP contribution in [0.15, 0.2) is 48.9 Å². The number of nitrogens with zero attached hydrogens (tertiary/aromatic N) is 5. The first-order valence-electron chi connectivity index (χ1n) is 10.2. The molecule has 4 heterocycles. The SMILES string of the molecule is CC(C)C1(C)C(=O)Nc2nc(-c3cn4ccnc4c(Cc4ccccc4)n3)nc(N)c21. The number of hydrogen-bond acceptors (Lipinski definition) is 6. The van der Waals surface area contributed by atoms with Gasteiger partial charge in [0.1, 0.15) is 17.3 Å². The summed E-state index contributed by atoms with van der Waals surface area (Å²) in [7, 11) is 0. The van der Waals surface area contributed by atoms with Crippen molar-refractivity contribution in [1.29, 1.82) is 0 Å². The minimum Gasteiger partial charge on any atom is -0.383 e. The number of carbonyl (C=O) groups excluding carboxylic acids is 1. The van der Waals surface area contributed by atoms with Crippen molar-refractivity contribution in [1.82, 2.24) is 24.3 Å². The van der Waals surface area contributed by atoms with Crippen LogP contribution in [0.5, 0.6) is 0 Å². The van der Waals surface area contributed by atoms with Gasteiger partial charge in [0.2, 0.25) is 5.91 Å². The number of nitrogens with one attached hydrogen (secondary N) is 1. The third kappa shape index (κ3) is 2.94. The van der Waals surface area contributed by atoms with E-state index < -0.39 is 5.41 Å². The molecule has 1 unspecified atom stereocenters. The van der Waals surface area contributed by atoms with Crippen LogP contribution in [0.3, 0.4) is 0 Å². The standard InChI is InChI=1S/C23H23N7O/c1-13(2)23(3)17-18(24)27-19(28-20(17)29-22(23)31)16-12-30-10-9-25-21(30)15(26-16)11-14-7-5-4-6-8-14/h4-10,12-13H,11H2,1-3H3,(H3,24,27,28,29,31). The summed E-state index contributed by atoms with van der Waals surface area (Å²) in [6.07, 6.45) is 6.05. The fraction of sp³-hybridized carbons (Fsp3) is 0.261. The molecule has 156 valence electrons. The molecule has 0 spiro atoms. The van der Waals surface area contributed by atoms with Crippen LogP contribution in [0.25, 0.3) is 17.2 Å². The number of imidazole rings is 1. The second kappa shape index (κ2) is 6.87. The Kier molecular flexibility index (Phi) is 4.25. The maximum Gasteiger partial charge on any atom is 0.236 e. The summed E-state index contributed by atoms with van der Waals surface area (Å²) < 4.78 is 1.91. The third-order valence-corrected chi connectivity index (χ3v) is 6.20. The Morgan fingerprint density at radius 3 is 2.68 bits per heavy atom. The lowest BCUT2D eigenvalue weighted by molar-refractivity contribution is -0.121. The Morgan fingerprint density at radius 1 is 1.16 bits per heavy atom. The van der Waals surface area contributed by atoms with E-state index in [1.54, 1.807) is 6.20 Å². The maximum absolute atomic E-state index is 12.7. The molecule has 1 aliphatic heterocycles. The van der Waals surface area contributed by atoms with Crippen molar-refractivity contribution < 1.29 is 4.79 Å². The zero-order valence-electron chi connectivity index (χ0n) is 17.6. The smallest absolute Gasteiger partial charge is 0.236 e. The molecule has 1 aliphatic rings. The predicted molar refractivity (Wildman–Crippen MR) is 118 cm³/mol. The Balaban J connectivity index is 1.64. The van der Waals surface area contributed by atoms with Crippen LogP contribution in [0, 0.1) is 5.92 Å². The van der Waals surface area contributed by atoms with Gasteiger partial charge in [0.05, 0.1) is 16.7 Å². The molecular formula is C23H23N7O. The van der Waals surface area contributed by atoms with Crippen LogP contribution in [0.1, 0.15) is 37.6 Å². The molecule has 8 nitrogen and oxygen atoms in total. The first-order chi connectivity index (χ1) is 14.9. The number of hydrogen-bond donors (Lipinski definition) is 2. The van der Waals surface area contributed by atoms with Crippen LogP contribution in [0.2, 0.25) is 0 Å². The molecule has 0 fully saturated rings. The molecule has 4 aromatic rings. The lowest BCUT2D eigenvalue weighted by atomic mass is 9.75. The van der Waals surface area contributed by atoms with Crippen LogP contribution >= 0.6 is 0 Å². The van der Waals surface area contributed by atoms with E-state index >= 15 is 0 Å². The van der Waals surface area contributed by atoms with Crippen LogP contribution in [0.4, 0.5) is 11.6 Å². The quantitative estimate of drug-likeness (QED) is 0.531. The summed E-state index contributed by atoms with van der Waals surface area (Å²) in [6, 6.07) is 10.1. The van der Waals surface area contributed by atoms with Gasteiger partial charge in [-0.15, -0.1) is 0 Å². The number of anilines is 2. The van der Waals surface area contributed by atoms with Crippen molar-refractivity contribution in [3.8, 4) is 11.5 Å². The number of nitrogen functional groups attached to an aromatic ring is 1. The summed E-state index contributed by atoms with van der Waals surface area (Å²) >= 11 is 0. The van der Waals surface area contributed by atoms with Gasteiger partial charge in [0.15, 0.2) is 11.5 Å². The highest BCUT2D eigenvalue weighted by atomic mass is 16.2. The number of carbonyl (C=O) groups is 1. The number of benzene rings is 1. The first-order valence-corrected chi connectivity index (χ1v) is 10.2. The van der Waals surface area contributed by atoms with E-state index in [0.29, 0.717) is 35.1 Å². The summed E-state index contributed by atoms with van der Waals surface area (Å²) in [5.41, 5.74) is 9.53. The van der Waals surface area contributed by atoms with Crippen molar-refractivity contribution in [3.63, 3.8) is 0 Å². The van der Waals surface area contributed by atoms with E-state index in [9.17, 15) is 4.79 Å².